The van der Waals surface area contributed by atoms with Crippen molar-refractivity contribution in [3.63, 3.8) is 0 Å². The van der Waals surface area contributed by atoms with Crippen LogP contribution in [0.15, 0.2) is 0 Å². The average molecular weight is 210 g/mol. The molecule has 3 nitrogen and oxygen atoms in total. The summed E-state index contributed by atoms with van der Waals surface area (Å²) >= 11 is 0. The summed E-state index contributed by atoms with van der Waals surface area (Å²) in [6, 6.07) is 0. The first kappa shape index (κ1) is 15.2. The number of hydrogen-bond acceptors (Lipinski definition) is 3. The predicted octanol–water partition coefficient (Wildman–Crippen LogP) is 1.88. The number of carbonyl (C=O) groups is 1. The second kappa shape index (κ2) is 7.15. The normalized spacial score (nSPS) is 10.5. The minimum absolute atomic E-state index is 0. The van der Waals surface area contributed by atoms with Gasteiger partial charge in [0.15, 0.2) is 0 Å². The maximum Gasteiger partial charge on any atom is 0.325 e. The molecule has 4 heteroatoms. The van der Waals surface area contributed by atoms with Gasteiger partial charge in [0.25, 0.3) is 0 Å². The molecular weight excluding hydrogens is 190 g/mol. The molecule has 0 aliphatic carbocycles. The van der Waals surface area contributed by atoms with E-state index in [1.807, 2.05) is 13.8 Å². The smallest absolute Gasteiger partial charge is 0.325 e. The second-order valence-corrected chi connectivity index (χ2v) is 3.15. The van der Waals surface area contributed by atoms with E-state index in [0.717, 1.165) is 12.8 Å². The summed E-state index contributed by atoms with van der Waals surface area (Å²) in [7, 11) is 1.38. The molecule has 0 saturated carbocycles. The Labute approximate surface area is 86.4 Å². The largest absolute Gasteiger partial charge is 0.468 e. The first-order valence-corrected chi connectivity index (χ1v) is 4.48. The Bertz CT molecular complexity index is 145. The molecule has 0 aromatic rings. The molecule has 0 bridgehead atoms. The number of rotatable bonds is 5. The molecule has 0 aliphatic rings. The highest BCUT2D eigenvalue weighted by Crippen LogP contribution is 2.17. The number of halogens is 1. The Hall–Kier alpha value is -0.280. The topological polar surface area (TPSA) is 52.3 Å². The molecule has 0 spiro atoms. The van der Waals surface area contributed by atoms with Crippen LogP contribution in [0.2, 0.25) is 0 Å². The summed E-state index contributed by atoms with van der Waals surface area (Å²) in [6.07, 6.45) is 3.22. The van der Waals surface area contributed by atoms with Gasteiger partial charge in [0.1, 0.15) is 5.54 Å². The third kappa shape index (κ3) is 4.48. The van der Waals surface area contributed by atoms with Crippen LogP contribution in [0.5, 0.6) is 0 Å². The molecule has 80 valence electrons. The zero-order chi connectivity index (χ0) is 9.61. The fourth-order valence-corrected chi connectivity index (χ4v) is 1.42. The van der Waals surface area contributed by atoms with Crippen molar-refractivity contribution in [3.8, 4) is 0 Å². The van der Waals surface area contributed by atoms with Gasteiger partial charge in [0.2, 0.25) is 0 Å². The maximum atomic E-state index is 11.3. The van der Waals surface area contributed by atoms with E-state index in [9.17, 15) is 4.79 Å². The van der Waals surface area contributed by atoms with Crippen LogP contribution in [0.25, 0.3) is 0 Å². The van der Waals surface area contributed by atoms with E-state index in [-0.39, 0.29) is 18.4 Å². The van der Waals surface area contributed by atoms with Gasteiger partial charge in [0, 0.05) is 0 Å². The molecule has 0 aromatic heterocycles. The van der Waals surface area contributed by atoms with Gasteiger partial charge in [-0.05, 0) is 12.8 Å². The molecule has 0 atom stereocenters. The van der Waals surface area contributed by atoms with Crippen LogP contribution in [-0.2, 0) is 9.53 Å². The van der Waals surface area contributed by atoms with E-state index in [4.69, 9.17) is 5.73 Å². The molecular formula is C9H20ClNO2. The van der Waals surface area contributed by atoms with E-state index in [1.165, 1.54) is 7.11 Å². The number of esters is 1. The van der Waals surface area contributed by atoms with Gasteiger partial charge >= 0.3 is 5.97 Å². The molecule has 0 rings (SSSR count). The van der Waals surface area contributed by atoms with E-state index >= 15 is 0 Å². The first-order chi connectivity index (χ1) is 5.60. The van der Waals surface area contributed by atoms with Gasteiger partial charge in [-0.25, -0.2) is 0 Å². The molecule has 0 fully saturated rings. The third-order valence-corrected chi connectivity index (χ3v) is 1.98. The molecule has 0 amide bonds. The van der Waals surface area contributed by atoms with Gasteiger partial charge in [-0.2, -0.15) is 0 Å². The van der Waals surface area contributed by atoms with Crippen molar-refractivity contribution in [1.82, 2.24) is 0 Å². The summed E-state index contributed by atoms with van der Waals surface area (Å²) in [5, 5.41) is 0. The lowest BCUT2D eigenvalue weighted by Gasteiger charge is -2.25. The highest BCUT2D eigenvalue weighted by molar-refractivity contribution is 5.85. The quantitative estimate of drug-likeness (QED) is 0.704. The number of hydrogen-bond donors (Lipinski definition) is 1. The molecule has 0 radical (unpaired) electrons. The summed E-state index contributed by atoms with van der Waals surface area (Å²) in [6.45, 7) is 4.03. The Morgan fingerprint density at radius 1 is 1.31 bits per heavy atom. The van der Waals surface area contributed by atoms with Gasteiger partial charge in [-0.1, -0.05) is 26.7 Å². The van der Waals surface area contributed by atoms with E-state index in [0.29, 0.717) is 12.8 Å². The van der Waals surface area contributed by atoms with E-state index < -0.39 is 5.54 Å². The Morgan fingerprint density at radius 3 is 1.92 bits per heavy atom. The number of methoxy groups -OCH3 is 1. The van der Waals surface area contributed by atoms with Crippen molar-refractivity contribution >= 4 is 18.4 Å². The monoisotopic (exact) mass is 209 g/mol. The second-order valence-electron chi connectivity index (χ2n) is 3.15. The highest BCUT2D eigenvalue weighted by Gasteiger charge is 2.32. The molecule has 0 unspecified atom stereocenters. The van der Waals surface area contributed by atoms with Crippen molar-refractivity contribution in [1.29, 1.82) is 0 Å². The molecule has 0 saturated heterocycles. The van der Waals surface area contributed by atoms with Crippen molar-refractivity contribution in [2.75, 3.05) is 7.11 Å². The summed E-state index contributed by atoms with van der Waals surface area (Å²) in [4.78, 5) is 11.3. The van der Waals surface area contributed by atoms with Gasteiger partial charge in [-0.3, -0.25) is 4.79 Å². The Morgan fingerprint density at radius 2 is 1.69 bits per heavy atom. The van der Waals surface area contributed by atoms with E-state index in [1.54, 1.807) is 0 Å². The zero-order valence-corrected chi connectivity index (χ0v) is 9.45. The Kier molecular flexibility index (Phi) is 8.37. The van der Waals surface area contributed by atoms with Crippen molar-refractivity contribution in [2.24, 2.45) is 5.73 Å². The van der Waals surface area contributed by atoms with Crippen LogP contribution in [0.1, 0.15) is 39.5 Å². The van der Waals surface area contributed by atoms with Crippen molar-refractivity contribution < 1.29 is 9.53 Å². The fraction of sp³-hybridized carbons (Fsp3) is 0.889. The van der Waals surface area contributed by atoms with Crippen molar-refractivity contribution in [2.45, 2.75) is 45.1 Å². The minimum atomic E-state index is -0.752. The molecule has 0 aliphatic heterocycles. The first-order valence-electron chi connectivity index (χ1n) is 4.48. The van der Waals surface area contributed by atoms with Crippen LogP contribution in [-0.4, -0.2) is 18.6 Å². The lowest BCUT2D eigenvalue weighted by atomic mass is 9.90. The molecule has 13 heavy (non-hydrogen) atoms. The molecule has 2 N–H and O–H groups in total. The van der Waals surface area contributed by atoms with Crippen LogP contribution < -0.4 is 5.73 Å². The third-order valence-electron chi connectivity index (χ3n) is 1.98. The Balaban J connectivity index is 0. The molecule has 0 aromatic carbocycles. The maximum absolute atomic E-state index is 11.3. The van der Waals surface area contributed by atoms with Crippen molar-refractivity contribution in [3.05, 3.63) is 0 Å². The van der Waals surface area contributed by atoms with Gasteiger partial charge in [-0.15, -0.1) is 12.4 Å². The minimum Gasteiger partial charge on any atom is -0.468 e. The number of ether oxygens (including phenoxy) is 1. The molecule has 0 heterocycles. The lowest BCUT2D eigenvalue weighted by molar-refractivity contribution is -0.147. The SMILES string of the molecule is CCCC(N)(CCC)C(=O)OC.Cl. The standard InChI is InChI=1S/C9H19NO2.ClH/c1-4-6-9(10,7-5-2)8(11)12-3;/h4-7,10H2,1-3H3;1H. The average Bonchev–Trinajstić information content (AvgIpc) is 2.04. The number of nitrogens with two attached hydrogens (primary N) is 1. The van der Waals surface area contributed by atoms with Crippen LogP contribution in [0.3, 0.4) is 0 Å². The number of carbonyl (C=O) groups excluding carboxylic acids is 1. The van der Waals surface area contributed by atoms with Gasteiger partial charge in [0.05, 0.1) is 7.11 Å². The summed E-state index contributed by atoms with van der Waals surface area (Å²) in [5.74, 6) is -0.286. The summed E-state index contributed by atoms with van der Waals surface area (Å²) < 4.78 is 4.66. The van der Waals surface area contributed by atoms with Crippen LogP contribution in [0.4, 0.5) is 0 Å². The van der Waals surface area contributed by atoms with Crippen LogP contribution >= 0.6 is 12.4 Å². The lowest BCUT2D eigenvalue weighted by Crippen LogP contribution is -2.48. The fourth-order valence-electron chi connectivity index (χ4n) is 1.42. The zero-order valence-electron chi connectivity index (χ0n) is 8.63. The van der Waals surface area contributed by atoms with E-state index in [2.05, 4.69) is 4.74 Å². The van der Waals surface area contributed by atoms with Crippen LogP contribution in [0, 0.1) is 0 Å². The predicted molar refractivity (Wildman–Crippen MR) is 56.0 cm³/mol. The highest BCUT2D eigenvalue weighted by atomic mass is 35.5. The van der Waals surface area contributed by atoms with Gasteiger partial charge < -0.3 is 10.5 Å². The summed E-state index contributed by atoms with van der Waals surface area (Å²) in [5.41, 5.74) is 5.15.